The van der Waals surface area contributed by atoms with Crippen molar-refractivity contribution in [2.45, 2.75) is 108 Å². The van der Waals surface area contributed by atoms with E-state index in [9.17, 15) is 30.0 Å². The maximum absolute atomic E-state index is 13.7. The van der Waals surface area contributed by atoms with Crippen molar-refractivity contribution in [1.29, 1.82) is 0 Å². The summed E-state index contributed by atoms with van der Waals surface area (Å²) in [4.78, 5) is 26.4. The highest BCUT2D eigenvalue weighted by atomic mass is 16.7. The number of rotatable bonds is 3. The fourth-order valence-corrected chi connectivity index (χ4v) is 8.63. The molecule has 2 bridgehead atoms. The van der Waals surface area contributed by atoms with Gasteiger partial charge in [0, 0.05) is 5.92 Å². The third-order valence-electron chi connectivity index (χ3n) is 10.6. The first-order valence-corrected chi connectivity index (χ1v) is 13.2. The molecule has 3 saturated carbocycles. The molecule has 2 heterocycles. The molecule has 5 fully saturated rings. The molecule has 3 aliphatic carbocycles. The van der Waals surface area contributed by atoms with E-state index in [0.717, 1.165) is 44.9 Å². The van der Waals surface area contributed by atoms with Crippen LogP contribution in [0.15, 0.2) is 0 Å². The molecule has 0 aromatic heterocycles. The number of carbonyl (C=O) groups is 2. The second-order valence-corrected chi connectivity index (χ2v) is 12.3. The van der Waals surface area contributed by atoms with E-state index in [0.29, 0.717) is 12.3 Å². The molecule has 12 unspecified atom stereocenters. The van der Waals surface area contributed by atoms with Gasteiger partial charge in [0.15, 0.2) is 0 Å². The number of carbonyl (C=O) groups excluding carboxylic acids is 2. The molecular weight excluding hydrogens is 456 g/mol. The Morgan fingerprint density at radius 3 is 2.49 bits per heavy atom. The maximum atomic E-state index is 13.7. The maximum Gasteiger partial charge on any atom is 0.314 e. The minimum absolute atomic E-state index is 0.00589. The number of ether oxygens (including phenoxy) is 3. The lowest BCUT2D eigenvalue weighted by atomic mass is 9.42. The van der Waals surface area contributed by atoms with Crippen molar-refractivity contribution in [2.24, 2.45) is 34.5 Å². The van der Waals surface area contributed by atoms with Gasteiger partial charge < -0.3 is 34.6 Å². The van der Waals surface area contributed by atoms with Crippen LogP contribution in [0.3, 0.4) is 0 Å². The van der Waals surface area contributed by atoms with Crippen molar-refractivity contribution in [3.63, 3.8) is 0 Å². The number of hydrogen-bond acceptors (Lipinski definition) is 9. The average Bonchev–Trinajstić information content (AvgIpc) is 2.82. The number of fused-ring (bicyclic) bond motifs is 3. The van der Waals surface area contributed by atoms with Crippen LogP contribution >= 0.6 is 0 Å². The largest absolute Gasteiger partial charge is 0.459 e. The van der Waals surface area contributed by atoms with Crippen LogP contribution in [0, 0.1) is 34.5 Å². The highest BCUT2D eigenvalue weighted by molar-refractivity contribution is 5.77. The summed E-state index contributed by atoms with van der Waals surface area (Å²) in [6, 6.07) is 0. The normalized spacial score (nSPS) is 53.7. The van der Waals surface area contributed by atoms with Gasteiger partial charge in [-0.05, 0) is 69.1 Å². The van der Waals surface area contributed by atoms with Gasteiger partial charge >= 0.3 is 11.9 Å². The second kappa shape index (κ2) is 8.65. The summed E-state index contributed by atoms with van der Waals surface area (Å²) in [6.07, 6.45) is -0.594. The van der Waals surface area contributed by atoms with Gasteiger partial charge in [-0.2, -0.15) is 0 Å². The van der Waals surface area contributed by atoms with Gasteiger partial charge in [-0.3, -0.25) is 9.59 Å². The minimum atomic E-state index is -1.62. The summed E-state index contributed by atoms with van der Waals surface area (Å²) in [5, 5.41) is 40.0. The van der Waals surface area contributed by atoms with Crippen molar-refractivity contribution < 1.29 is 44.2 Å². The van der Waals surface area contributed by atoms with Crippen LogP contribution < -0.4 is 0 Å². The summed E-state index contributed by atoms with van der Waals surface area (Å²) >= 11 is 0. The van der Waals surface area contributed by atoms with Crippen molar-refractivity contribution >= 4 is 11.9 Å². The molecule has 4 N–H and O–H groups in total. The molecule has 0 amide bonds. The van der Waals surface area contributed by atoms with Crippen LogP contribution in [0.5, 0.6) is 0 Å². The Balaban J connectivity index is 1.38. The quantitative estimate of drug-likeness (QED) is 0.425. The summed E-state index contributed by atoms with van der Waals surface area (Å²) in [6.45, 7) is 5.55. The minimum Gasteiger partial charge on any atom is -0.459 e. The third-order valence-corrected chi connectivity index (χ3v) is 10.6. The molecule has 2 saturated heterocycles. The summed E-state index contributed by atoms with van der Waals surface area (Å²) in [5.41, 5.74) is -1.49. The third kappa shape index (κ3) is 3.68. The Bertz CT molecular complexity index is 862. The van der Waals surface area contributed by atoms with E-state index in [1.54, 1.807) is 0 Å². The number of aliphatic hydroxyl groups is 4. The van der Waals surface area contributed by atoms with E-state index in [1.807, 2.05) is 13.8 Å². The predicted molar refractivity (Wildman–Crippen MR) is 121 cm³/mol. The van der Waals surface area contributed by atoms with Gasteiger partial charge in [-0.15, -0.1) is 0 Å². The summed E-state index contributed by atoms with van der Waals surface area (Å²) in [7, 11) is 0. The van der Waals surface area contributed by atoms with Gasteiger partial charge in [0.2, 0.25) is 6.29 Å². The van der Waals surface area contributed by atoms with Crippen LogP contribution in [0.25, 0.3) is 0 Å². The van der Waals surface area contributed by atoms with Crippen LogP contribution in [-0.2, 0) is 23.8 Å². The van der Waals surface area contributed by atoms with Gasteiger partial charge in [0.05, 0.1) is 17.9 Å². The van der Waals surface area contributed by atoms with Crippen LogP contribution in [-0.4, -0.2) is 75.3 Å². The molecule has 1 spiro atoms. The lowest BCUT2D eigenvalue weighted by Gasteiger charge is -2.65. The van der Waals surface area contributed by atoms with Gasteiger partial charge in [-0.1, -0.05) is 20.3 Å². The molecule has 5 rings (SSSR count). The number of aliphatic hydroxyl groups excluding tert-OH is 4. The Morgan fingerprint density at radius 2 is 1.77 bits per heavy atom. The SMILES string of the molecule is CC1C(=O)OC23CCC4C(C)(C(=O)OC5OC(CO)C(O)C(O)C5O)CCCC4(C)C2CCC1C3. The molecule has 0 radical (unpaired) electrons. The number of esters is 2. The van der Waals surface area contributed by atoms with Gasteiger partial charge in [-0.25, -0.2) is 0 Å². The summed E-state index contributed by atoms with van der Waals surface area (Å²) < 4.78 is 17.3. The van der Waals surface area contributed by atoms with Crippen LogP contribution in [0.1, 0.15) is 72.1 Å². The van der Waals surface area contributed by atoms with E-state index in [1.165, 1.54) is 0 Å². The van der Waals surface area contributed by atoms with Crippen molar-refractivity contribution in [3.05, 3.63) is 0 Å². The standard InChI is InChI=1S/C26H40O9/c1-13-14-5-6-17-24(2)8-4-9-25(3,16(24)7-10-26(17,11-14)35-21(13)31)23(32)34-22-20(30)19(29)18(28)15(12-27)33-22/h13-20,22,27-30H,4-12H2,1-3H3. The zero-order chi connectivity index (χ0) is 25.3. The molecule has 2 aliphatic heterocycles. The average molecular weight is 497 g/mol. The first-order valence-electron chi connectivity index (χ1n) is 13.2. The van der Waals surface area contributed by atoms with E-state index in [-0.39, 0.29) is 29.1 Å². The monoisotopic (exact) mass is 496 g/mol. The second-order valence-electron chi connectivity index (χ2n) is 12.3. The van der Waals surface area contributed by atoms with Crippen LogP contribution in [0.4, 0.5) is 0 Å². The van der Waals surface area contributed by atoms with Gasteiger partial charge in [0.1, 0.15) is 30.0 Å². The van der Waals surface area contributed by atoms with Gasteiger partial charge in [0.25, 0.3) is 0 Å². The topological polar surface area (TPSA) is 143 Å². The fraction of sp³-hybridized carbons (Fsp3) is 0.923. The molecule has 9 heteroatoms. The van der Waals surface area contributed by atoms with Crippen molar-refractivity contribution in [1.82, 2.24) is 0 Å². The zero-order valence-electron chi connectivity index (χ0n) is 20.9. The first-order chi connectivity index (χ1) is 16.5. The lowest BCUT2D eigenvalue weighted by Crippen LogP contribution is -2.66. The summed E-state index contributed by atoms with van der Waals surface area (Å²) in [5.74, 6) is -0.103. The van der Waals surface area contributed by atoms with Crippen LogP contribution in [0.2, 0.25) is 0 Å². The Morgan fingerprint density at radius 1 is 1.03 bits per heavy atom. The predicted octanol–water partition coefficient (Wildman–Crippen LogP) is 1.28. The molecule has 0 aromatic rings. The first kappa shape index (κ1) is 25.4. The Labute approximate surface area is 206 Å². The van der Waals surface area contributed by atoms with E-state index in [2.05, 4.69) is 6.92 Å². The molecule has 0 aromatic carbocycles. The van der Waals surface area contributed by atoms with E-state index < -0.39 is 54.3 Å². The molecule has 12 atom stereocenters. The number of hydrogen-bond donors (Lipinski definition) is 4. The van der Waals surface area contributed by atoms with Crippen molar-refractivity contribution in [3.8, 4) is 0 Å². The smallest absolute Gasteiger partial charge is 0.314 e. The molecule has 9 nitrogen and oxygen atoms in total. The molecule has 35 heavy (non-hydrogen) atoms. The zero-order valence-corrected chi connectivity index (χ0v) is 20.9. The highest BCUT2D eigenvalue weighted by Crippen LogP contribution is 2.67. The Hall–Kier alpha value is -1.26. The highest BCUT2D eigenvalue weighted by Gasteiger charge is 2.67. The molecule has 5 aliphatic rings. The molecular formula is C26H40O9. The van der Waals surface area contributed by atoms with E-state index in [4.69, 9.17) is 14.2 Å². The molecule has 198 valence electrons. The lowest BCUT2D eigenvalue weighted by molar-refractivity contribution is -0.299. The van der Waals surface area contributed by atoms with Crippen molar-refractivity contribution in [2.75, 3.05) is 6.61 Å². The Kier molecular flexibility index (Phi) is 6.28. The fourth-order valence-electron chi connectivity index (χ4n) is 8.63. The van der Waals surface area contributed by atoms with E-state index >= 15 is 0 Å².